The van der Waals surface area contributed by atoms with Crippen molar-refractivity contribution in [2.75, 3.05) is 25.0 Å². The van der Waals surface area contributed by atoms with Crippen molar-refractivity contribution >= 4 is 6.01 Å². The number of hydrogen-bond acceptors (Lipinski definition) is 5. The van der Waals surface area contributed by atoms with Crippen molar-refractivity contribution in [3.8, 4) is 0 Å². The Hall–Kier alpha value is -1.10. The average molecular weight is 198 g/mol. The average Bonchev–Trinajstić information content (AvgIpc) is 2.63. The second-order valence-electron chi connectivity index (χ2n) is 3.09. The summed E-state index contributed by atoms with van der Waals surface area (Å²) in [5, 5.41) is 10.9. The Morgan fingerprint density at radius 3 is 2.71 bits per heavy atom. The van der Waals surface area contributed by atoms with Gasteiger partial charge in [0.1, 0.15) is 0 Å². The minimum absolute atomic E-state index is 0.622. The zero-order valence-corrected chi connectivity index (χ0v) is 9.08. The van der Waals surface area contributed by atoms with Crippen LogP contribution in [-0.4, -0.2) is 30.3 Å². The Labute approximate surface area is 84.5 Å². The highest BCUT2D eigenvalue weighted by molar-refractivity contribution is 5.22. The van der Waals surface area contributed by atoms with Crippen molar-refractivity contribution in [3.05, 3.63) is 5.89 Å². The fourth-order valence-corrected chi connectivity index (χ4v) is 1.25. The second-order valence-corrected chi connectivity index (χ2v) is 3.09. The monoisotopic (exact) mass is 198 g/mol. The van der Waals surface area contributed by atoms with Gasteiger partial charge in [-0.1, -0.05) is 12.0 Å². The molecule has 0 saturated heterocycles. The van der Waals surface area contributed by atoms with Crippen molar-refractivity contribution < 1.29 is 4.42 Å². The Balaban J connectivity index is 2.63. The van der Waals surface area contributed by atoms with Crippen LogP contribution in [0.2, 0.25) is 0 Å². The van der Waals surface area contributed by atoms with Gasteiger partial charge in [-0.2, -0.15) is 0 Å². The molecule has 1 aromatic rings. The molecule has 0 aliphatic carbocycles. The van der Waals surface area contributed by atoms with E-state index in [4.69, 9.17) is 4.42 Å². The summed E-state index contributed by atoms with van der Waals surface area (Å²) in [6.45, 7) is 6.69. The van der Waals surface area contributed by atoms with Crippen LogP contribution >= 0.6 is 0 Å². The maximum absolute atomic E-state index is 5.47. The van der Waals surface area contributed by atoms with Gasteiger partial charge in [-0.25, -0.2) is 0 Å². The molecule has 5 nitrogen and oxygen atoms in total. The first kappa shape index (κ1) is 11.0. The molecule has 0 aliphatic heterocycles. The van der Waals surface area contributed by atoms with Crippen LogP contribution in [0.5, 0.6) is 0 Å². The zero-order chi connectivity index (χ0) is 10.4. The standard InChI is InChI=1S/C9H18N4O/c1-4-6-13(5-2)9-12-11-8(14-9)7-10-3/h10H,4-7H2,1-3H3. The third-order valence-electron chi connectivity index (χ3n) is 1.93. The van der Waals surface area contributed by atoms with E-state index in [1.165, 1.54) is 0 Å². The summed E-state index contributed by atoms with van der Waals surface area (Å²) in [6, 6.07) is 0.625. The van der Waals surface area contributed by atoms with E-state index >= 15 is 0 Å². The molecule has 0 fully saturated rings. The van der Waals surface area contributed by atoms with E-state index < -0.39 is 0 Å². The maximum atomic E-state index is 5.47. The molecule has 1 N–H and O–H groups in total. The molecule has 0 bridgehead atoms. The fourth-order valence-electron chi connectivity index (χ4n) is 1.25. The van der Waals surface area contributed by atoms with Crippen LogP contribution in [0, 0.1) is 0 Å². The highest BCUT2D eigenvalue weighted by Gasteiger charge is 2.10. The molecule has 80 valence electrons. The molecule has 1 aromatic heterocycles. The molecule has 0 aromatic carbocycles. The minimum atomic E-state index is 0.622. The Kier molecular flexibility index (Phi) is 4.39. The molecule has 1 rings (SSSR count). The van der Waals surface area contributed by atoms with Crippen LogP contribution in [0.1, 0.15) is 26.2 Å². The van der Waals surface area contributed by atoms with Crippen molar-refractivity contribution in [3.63, 3.8) is 0 Å². The van der Waals surface area contributed by atoms with Gasteiger partial charge in [0.15, 0.2) is 0 Å². The number of nitrogens with one attached hydrogen (secondary N) is 1. The maximum Gasteiger partial charge on any atom is 0.318 e. The Morgan fingerprint density at radius 1 is 1.36 bits per heavy atom. The van der Waals surface area contributed by atoms with Gasteiger partial charge < -0.3 is 14.6 Å². The fraction of sp³-hybridized carbons (Fsp3) is 0.778. The molecule has 0 atom stereocenters. The topological polar surface area (TPSA) is 54.2 Å². The van der Waals surface area contributed by atoms with Gasteiger partial charge in [0, 0.05) is 13.1 Å². The predicted octanol–water partition coefficient (Wildman–Crippen LogP) is 1.03. The van der Waals surface area contributed by atoms with Crippen molar-refractivity contribution in [2.24, 2.45) is 0 Å². The van der Waals surface area contributed by atoms with Gasteiger partial charge in [0.2, 0.25) is 5.89 Å². The summed E-state index contributed by atoms with van der Waals surface area (Å²) in [5.41, 5.74) is 0. The molecule has 0 amide bonds. The summed E-state index contributed by atoms with van der Waals surface area (Å²) in [7, 11) is 1.85. The van der Waals surface area contributed by atoms with E-state index in [-0.39, 0.29) is 0 Å². The number of nitrogens with zero attached hydrogens (tertiary/aromatic N) is 3. The molecule has 0 saturated carbocycles. The third kappa shape index (κ3) is 2.70. The van der Waals surface area contributed by atoms with Gasteiger partial charge in [-0.05, 0) is 20.4 Å². The highest BCUT2D eigenvalue weighted by Crippen LogP contribution is 2.11. The lowest BCUT2D eigenvalue weighted by molar-refractivity contribution is 0.471. The van der Waals surface area contributed by atoms with E-state index in [1.54, 1.807) is 0 Å². The quantitative estimate of drug-likeness (QED) is 0.739. The third-order valence-corrected chi connectivity index (χ3v) is 1.93. The lowest BCUT2D eigenvalue weighted by Crippen LogP contribution is -2.23. The molecule has 14 heavy (non-hydrogen) atoms. The van der Waals surface area contributed by atoms with Gasteiger partial charge in [-0.15, -0.1) is 5.10 Å². The Bertz CT molecular complexity index is 261. The molecule has 0 radical (unpaired) electrons. The summed E-state index contributed by atoms with van der Waals surface area (Å²) in [4.78, 5) is 2.08. The molecule has 1 heterocycles. The molecular weight excluding hydrogens is 180 g/mol. The molecule has 0 unspecified atom stereocenters. The first-order chi connectivity index (χ1) is 6.81. The molecular formula is C9H18N4O. The number of hydrogen-bond donors (Lipinski definition) is 1. The van der Waals surface area contributed by atoms with E-state index in [0.29, 0.717) is 18.5 Å². The lowest BCUT2D eigenvalue weighted by Gasteiger charge is -2.15. The highest BCUT2D eigenvalue weighted by atomic mass is 16.4. The van der Waals surface area contributed by atoms with Crippen LogP contribution in [0.4, 0.5) is 6.01 Å². The van der Waals surface area contributed by atoms with Gasteiger partial charge in [0.05, 0.1) is 6.54 Å². The van der Waals surface area contributed by atoms with Crippen LogP contribution in [0.15, 0.2) is 4.42 Å². The Morgan fingerprint density at radius 2 is 2.14 bits per heavy atom. The minimum Gasteiger partial charge on any atom is -0.407 e. The largest absolute Gasteiger partial charge is 0.407 e. The van der Waals surface area contributed by atoms with Crippen molar-refractivity contribution in [1.29, 1.82) is 0 Å². The van der Waals surface area contributed by atoms with E-state index in [2.05, 4.69) is 34.3 Å². The first-order valence-electron chi connectivity index (χ1n) is 5.03. The van der Waals surface area contributed by atoms with Crippen LogP contribution in [-0.2, 0) is 6.54 Å². The molecule has 0 aliphatic rings. The second kappa shape index (κ2) is 5.59. The summed E-state index contributed by atoms with van der Waals surface area (Å²) in [6.07, 6.45) is 1.08. The van der Waals surface area contributed by atoms with Crippen LogP contribution in [0.25, 0.3) is 0 Å². The van der Waals surface area contributed by atoms with Crippen molar-refractivity contribution in [1.82, 2.24) is 15.5 Å². The summed E-state index contributed by atoms with van der Waals surface area (Å²) in [5.74, 6) is 0.636. The van der Waals surface area contributed by atoms with E-state index in [9.17, 15) is 0 Å². The van der Waals surface area contributed by atoms with E-state index in [0.717, 1.165) is 19.5 Å². The van der Waals surface area contributed by atoms with E-state index in [1.807, 2.05) is 7.05 Å². The normalized spacial score (nSPS) is 10.5. The molecule has 0 spiro atoms. The van der Waals surface area contributed by atoms with Gasteiger partial charge in [-0.3, -0.25) is 0 Å². The van der Waals surface area contributed by atoms with Crippen LogP contribution < -0.4 is 10.2 Å². The number of rotatable bonds is 6. The summed E-state index contributed by atoms with van der Waals surface area (Å²) < 4.78 is 5.47. The zero-order valence-electron chi connectivity index (χ0n) is 9.08. The smallest absolute Gasteiger partial charge is 0.318 e. The molecule has 5 heteroatoms. The van der Waals surface area contributed by atoms with Gasteiger partial charge in [0.25, 0.3) is 0 Å². The first-order valence-corrected chi connectivity index (χ1v) is 5.03. The predicted molar refractivity (Wildman–Crippen MR) is 55.2 cm³/mol. The lowest BCUT2D eigenvalue weighted by atomic mass is 10.4. The summed E-state index contributed by atoms with van der Waals surface area (Å²) >= 11 is 0. The van der Waals surface area contributed by atoms with Crippen LogP contribution in [0.3, 0.4) is 0 Å². The van der Waals surface area contributed by atoms with Gasteiger partial charge >= 0.3 is 6.01 Å². The number of aromatic nitrogens is 2. The number of anilines is 1. The van der Waals surface area contributed by atoms with Crippen molar-refractivity contribution in [2.45, 2.75) is 26.8 Å². The SMILES string of the molecule is CCCN(CC)c1nnc(CNC)o1.